The molecule has 33 heavy (non-hydrogen) atoms. The smallest absolute Gasteiger partial charge is 0.339 e. The highest BCUT2D eigenvalue weighted by Crippen LogP contribution is 2.37. The number of hydrogen-bond acceptors (Lipinski definition) is 13. The van der Waals surface area contributed by atoms with Crippen LogP contribution in [0.5, 0.6) is 5.75 Å². The summed E-state index contributed by atoms with van der Waals surface area (Å²) in [6.07, 6.45) is -12.6. The number of benzene rings is 1. The van der Waals surface area contributed by atoms with Gasteiger partial charge in [-0.1, -0.05) is 0 Å². The zero-order chi connectivity index (χ0) is 24.5. The molecule has 0 amide bonds. The molecule has 1 aromatic rings. The van der Waals surface area contributed by atoms with Crippen LogP contribution in [0.15, 0.2) is 18.2 Å². The predicted molar refractivity (Wildman–Crippen MR) is 105 cm³/mol. The standard InChI is InChI=1S/C19H27NO13/c21-4-10-12(25)13(26)14(27)18(31-10)32-15-11(5-22)33-19(6-23,16(15)28)20-7-1-2-9(24)8(3-7)17(29)30/h1-3,10-16,18,20-28H,4-6H2,(H,29,30)/t10-,11-,12+,13+,14-,15-,16+,18?,19?/m1/s1. The van der Waals surface area contributed by atoms with Gasteiger partial charge in [-0.15, -0.1) is 0 Å². The van der Waals surface area contributed by atoms with Crippen molar-refractivity contribution >= 4 is 11.7 Å². The fraction of sp³-hybridized carbons (Fsp3) is 0.632. The summed E-state index contributed by atoms with van der Waals surface area (Å²) >= 11 is 0. The van der Waals surface area contributed by atoms with Gasteiger partial charge in [0.2, 0.25) is 0 Å². The molecular formula is C19H27NO13. The molecule has 0 radical (unpaired) electrons. The first-order chi connectivity index (χ1) is 15.6. The number of rotatable bonds is 8. The first-order valence-corrected chi connectivity index (χ1v) is 9.96. The average Bonchev–Trinajstić information content (AvgIpc) is 3.06. The van der Waals surface area contributed by atoms with E-state index in [0.717, 1.165) is 12.1 Å². The van der Waals surface area contributed by atoms with E-state index in [-0.39, 0.29) is 5.69 Å². The molecule has 2 aliphatic heterocycles. The van der Waals surface area contributed by atoms with Gasteiger partial charge in [-0.05, 0) is 18.2 Å². The SMILES string of the molecule is O=C(O)c1cc(NC2(CO)O[C@H](CO)[C@@H](OC3O[C@H](CO)[C@H](O)[C@H](O)[C@H]3O)[C@@H]2O)ccc1O. The molecule has 9 atom stereocenters. The van der Waals surface area contributed by atoms with Crippen LogP contribution >= 0.6 is 0 Å². The Kier molecular flexibility index (Phi) is 7.75. The van der Waals surface area contributed by atoms with Crippen molar-refractivity contribution in [2.45, 2.75) is 54.7 Å². The minimum Gasteiger partial charge on any atom is -0.507 e. The largest absolute Gasteiger partial charge is 0.507 e. The first kappa shape index (κ1) is 25.5. The van der Waals surface area contributed by atoms with Crippen molar-refractivity contribution in [1.29, 1.82) is 0 Å². The average molecular weight is 477 g/mol. The topological polar surface area (TPSA) is 239 Å². The van der Waals surface area contributed by atoms with E-state index in [1.807, 2.05) is 0 Å². The third-order valence-corrected chi connectivity index (χ3v) is 5.65. The zero-order valence-corrected chi connectivity index (χ0v) is 17.1. The number of aromatic carboxylic acids is 1. The summed E-state index contributed by atoms with van der Waals surface area (Å²) in [7, 11) is 0. The maximum absolute atomic E-state index is 11.3. The van der Waals surface area contributed by atoms with Crippen LogP contribution in [0.3, 0.4) is 0 Å². The number of aliphatic hydroxyl groups excluding tert-OH is 7. The normalized spacial score (nSPS) is 38.9. The van der Waals surface area contributed by atoms with Gasteiger partial charge >= 0.3 is 5.97 Å². The Balaban J connectivity index is 1.84. The van der Waals surface area contributed by atoms with Crippen LogP contribution < -0.4 is 5.32 Å². The van der Waals surface area contributed by atoms with Gasteiger partial charge in [-0.2, -0.15) is 0 Å². The highest BCUT2D eigenvalue weighted by atomic mass is 16.7. The number of hydrogen-bond donors (Lipinski definition) is 10. The van der Waals surface area contributed by atoms with Crippen molar-refractivity contribution < 1.29 is 65.0 Å². The number of anilines is 1. The Morgan fingerprint density at radius 1 is 1.03 bits per heavy atom. The summed E-state index contributed by atoms with van der Waals surface area (Å²) < 4.78 is 16.4. The number of carboxylic acid groups (broad SMARTS) is 1. The van der Waals surface area contributed by atoms with E-state index in [0.29, 0.717) is 0 Å². The molecule has 0 aliphatic carbocycles. The van der Waals surface area contributed by atoms with Crippen LogP contribution in [0.4, 0.5) is 5.69 Å². The van der Waals surface area contributed by atoms with Crippen molar-refractivity contribution in [3.05, 3.63) is 23.8 Å². The Labute approximate surface area is 186 Å². The second-order valence-electron chi connectivity index (χ2n) is 7.79. The minimum atomic E-state index is -2.01. The molecule has 0 bridgehead atoms. The Morgan fingerprint density at radius 2 is 1.70 bits per heavy atom. The van der Waals surface area contributed by atoms with Gasteiger partial charge in [-0.25, -0.2) is 4.79 Å². The predicted octanol–water partition coefficient (Wildman–Crippen LogP) is -3.87. The highest BCUT2D eigenvalue weighted by molar-refractivity contribution is 5.92. The third-order valence-electron chi connectivity index (χ3n) is 5.65. The van der Waals surface area contributed by atoms with E-state index in [9.17, 15) is 50.8 Å². The molecule has 0 aromatic heterocycles. The number of aliphatic hydroxyl groups is 7. The molecule has 2 saturated heterocycles. The summed E-state index contributed by atoms with van der Waals surface area (Å²) in [4.78, 5) is 11.3. The molecule has 10 N–H and O–H groups in total. The fourth-order valence-electron chi connectivity index (χ4n) is 3.82. The maximum Gasteiger partial charge on any atom is 0.339 e. The number of nitrogens with one attached hydrogen (secondary N) is 1. The van der Waals surface area contributed by atoms with E-state index in [1.54, 1.807) is 0 Å². The summed E-state index contributed by atoms with van der Waals surface area (Å²) in [6, 6.07) is 3.36. The number of carboxylic acids is 1. The molecule has 3 rings (SSSR count). The molecule has 0 saturated carbocycles. The molecule has 14 nitrogen and oxygen atoms in total. The van der Waals surface area contributed by atoms with Gasteiger partial charge in [0.05, 0.1) is 19.8 Å². The summed E-state index contributed by atoms with van der Waals surface area (Å²) in [5.41, 5.74) is -2.45. The van der Waals surface area contributed by atoms with Crippen LogP contribution in [0, 0.1) is 0 Å². The molecule has 2 unspecified atom stereocenters. The Hall–Kier alpha value is -2.11. The maximum atomic E-state index is 11.3. The summed E-state index contributed by atoms with van der Waals surface area (Å²) in [5.74, 6) is -1.95. The van der Waals surface area contributed by atoms with E-state index in [2.05, 4.69) is 5.32 Å². The van der Waals surface area contributed by atoms with Gasteiger partial charge in [0.25, 0.3) is 0 Å². The molecule has 14 heteroatoms. The van der Waals surface area contributed by atoms with E-state index in [4.69, 9.17) is 14.2 Å². The van der Waals surface area contributed by atoms with E-state index < -0.39 is 91.8 Å². The van der Waals surface area contributed by atoms with Crippen LogP contribution in [-0.4, -0.2) is 126 Å². The fourth-order valence-corrected chi connectivity index (χ4v) is 3.82. The van der Waals surface area contributed by atoms with Gasteiger partial charge in [0.1, 0.15) is 54.0 Å². The van der Waals surface area contributed by atoms with Gasteiger partial charge < -0.3 is 65.5 Å². The van der Waals surface area contributed by atoms with Gasteiger partial charge in [-0.3, -0.25) is 0 Å². The summed E-state index contributed by atoms with van der Waals surface area (Å²) in [6.45, 7) is -2.33. The van der Waals surface area contributed by atoms with Crippen molar-refractivity contribution in [2.75, 3.05) is 25.1 Å². The van der Waals surface area contributed by atoms with Crippen LogP contribution in [-0.2, 0) is 14.2 Å². The van der Waals surface area contributed by atoms with Crippen molar-refractivity contribution in [3.63, 3.8) is 0 Å². The molecule has 0 spiro atoms. The summed E-state index contributed by atoms with van der Waals surface area (Å²) in [5, 5.41) is 91.4. The van der Waals surface area contributed by atoms with Gasteiger partial charge in [0, 0.05) is 5.69 Å². The minimum absolute atomic E-state index is 0.0310. The second kappa shape index (κ2) is 10.0. The lowest BCUT2D eigenvalue weighted by molar-refractivity contribution is -0.318. The number of ether oxygens (including phenoxy) is 3. The lowest BCUT2D eigenvalue weighted by Gasteiger charge is -2.41. The van der Waals surface area contributed by atoms with Crippen molar-refractivity contribution in [3.8, 4) is 5.75 Å². The van der Waals surface area contributed by atoms with Gasteiger partial charge in [0.15, 0.2) is 12.0 Å². The molecule has 1 aromatic carbocycles. The van der Waals surface area contributed by atoms with Crippen molar-refractivity contribution in [1.82, 2.24) is 0 Å². The molecule has 2 aliphatic rings. The molecule has 186 valence electrons. The quantitative estimate of drug-likeness (QED) is 0.161. The zero-order valence-electron chi connectivity index (χ0n) is 17.1. The van der Waals surface area contributed by atoms with E-state index in [1.165, 1.54) is 6.07 Å². The first-order valence-electron chi connectivity index (χ1n) is 9.96. The lowest BCUT2D eigenvalue weighted by atomic mass is 9.98. The Morgan fingerprint density at radius 3 is 2.27 bits per heavy atom. The van der Waals surface area contributed by atoms with Crippen molar-refractivity contribution in [2.24, 2.45) is 0 Å². The van der Waals surface area contributed by atoms with Crippen LogP contribution in [0.25, 0.3) is 0 Å². The van der Waals surface area contributed by atoms with E-state index >= 15 is 0 Å². The second-order valence-corrected chi connectivity index (χ2v) is 7.79. The lowest BCUT2D eigenvalue weighted by Crippen LogP contribution is -2.61. The Bertz CT molecular complexity index is 838. The highest BCUT2D eigenvalue weighted by Gasteiger charge is 2.57. The van der Waals surface area contributed by atoms with Crippen LogP contribution in [0.2, 0.25) is 0 Å². The third kappa shape index (κ3) is 4.76. The molecule has 2 heterocycles. The molecule has 2 fully saturated rings. The van der Waals surface area contributed by atoms with Crippen LogP contribution in [0.1, 0.15) is 10.4 Å². The molecular weight excluding hydrogens is 450 g/mol. The number of aromatic hydroxyl groups is 1. The number of phenols is 1. The number of carbonyl (C=O) groups is 1. The monoisotopic (exact) mass is 477 g/mol.